The Kier molecular flexibility index (Phi) is 40.6. The highest BCUT2D eigenvalue weighted by Crippen LogP contribution is 2.12. The van der Waals surface area contributed by atoms with E-state index < -0.39 is 6.10 Å². The molecule has 0 rings (SSSR count). The van der Waals surface area contributed by atoms with Crippen molar-refractivity contribution in [1.82, 2.24) is 0 Å². The van der Waals surface area contributed by atoms with Crippen LogP contribution >= 0.6 is 0 Å². The summed E-state index contributed by atoms with van der Waals surface area (Å²) >= 11 is 0. The van der Waals surface area contributed by atoms with Gasteiger partial charge < -0.3 is 14.2 Å². The fraction of sp³-hybridized carbons (Fsp3) is 0.729. The Balaban J connectivity index is 4.49. The van der Waals surface area contributed by atoms with Gasteiger partial charge in [0.25, 0.3) is 0 Å². The second kappa shape index (κ2) is 42.8. The molecule has 0 N–H and O–H groups in total. The minimum Gasteiger partial charge on any atom is -0.462 e. The molecule has 0 heterocycles. The number of allylic oxidation sites excluding steroid dienone is 10. The normalized spacial score (nSPS) is 12.6. The minimum absolute atomic E-state index is 0.102. The Labute approximate surface area is 332 Å². The molecular formula is C48H82O6. The van der Waals surface area contributed by atoms with Gasteiger partial charge in [0.15, 0.2) is 6.10 Å². The van der Waals surface area contributed by atoms with Crippen LogP contribution in [0.4, 0.5) is 0 Å². The number of rotatable bonds is 39. The van der Waals surface area contributed by atoms with E-state index in [-0.39, 0.29) is 37.5 Å². The minimum atomic E-state index is -0.804. The van der Waals surface area contributed by atoms with Gasteiger partial charge in [-0.15, -0.1) is 0 Å². The second-order valence-corrected chi connectivity index (χ2v) is 14.6. The molecule has 0 aliphatic heterocycles. The van der Waals surface area contributed by atoms with Gasteiger partial charge in [0, 0.05) is 19.3 Å². The van der Waals surface area contributed by atoms with Crippen LogP contribution in [0.5, 0.6) is 0 Å². The van der Waals surface area contributed by atoms with Gasteiger partial charge >= 0.3 is 17.9 Å². The van der Waals surface area contributed by atoms with Crippen LogP contribution in [0.15, 0.2) is 60.8 Å². The average Bonchev–Trinajstić information content (AvgIpc) is 3.17. The Morgan fingerprint density at radius 3 is 1.30 bits per heavy atom. The molecule has 0 saturated carbocycles. The van der Waals surface area contributed by atoms with Crippen molar-refractivity contribution in [2.45, 2.75) is 213 Å². The molecule has 1 unspecified atom stereocenters. The molecule has 0 saturated heterocycles. The van der Waals surface area contributed by atoms with E-state index in [2.05, 4.69) is 75.5 Å². The smallest absolute Gasteiger partial charge is 0.306 e. The first-order valence-electron chi connectivity index (χ1n) is 22.3. The fourth-order valence-corrected chi connectivity index (χ4v) is 5.86. The molecule has 0 aliphatic carbocycles. The third-order valence-electron chi connectivity index (χ3n) is 9.24. The Hall–Kier alpha value is -2.89. The Morgan fingerprint density at radius 1 is 0.389 bits per heavy atom. The SMILES string of the molecule is CC/C=C\C/C=C\CCCCCCCC(=O)OC(COC(=O)CC/C=C\C/C=C\CCCCCCCC)COC(=O)CCCCCCC/C=C\CCCC. The van der Waals surface area contributed by atoms with E-state index in [1.54, 1.807) is 0 Å². The zero-order valence-electron chi connectivity index (χ0n) is 35.2. The van der Waals surface area contributed by atoms with Gasteiger partial charge in [0.05, 0.1) is 0 Å². The number of hydrogen-bond acceptors (Lipinski definition) is 6. The lowest BCUT2D eigenvalue weighted by Crippen LogP contribution is -2.30. The molecular weight excluding hydrogens is 673 g/mol. The molecule has 310 valence electrons. The van der Waals surface area contributed by atoms with Crippen LogP contribution in [-0.2, 0) is 28.6 Å². The van der Waals surface area contributed by atoms with E-state index >= 15 is 0 Å². The second-order valence-electron chi connectivity index (χ2n) is 14.6. The molecule has 0 aromatic rings. The Bertz CT molecular complexity index is 1010. The van der Waals surface area contributed by atoms with Crippen molar-refractivity contribution in [2.75, 3.05) is 13.2 Å². The molecule has 1 atom stereocenters. The standard InChI is InChI=1S/C48H82O6/c1-4-7-10-13-16-19-22-24-27-29-32-35-38-41-47(50)53-44-45(43-52-46(49)40-37-34-31-28-25-21-18-15-12-9-6-3)54-48(51)42-39-36-33-30-26-23-20-17-14-11-8-5-2/h8,11,15,17-18,20,24,27,32,35,45H,4-7,9-10,12-14,16,19,21-23,25-26,28-31,33-34,36-44H2,1-3H3/b11-8-,18-15-,20-17-,27-24-,35-32-. The maximum Gasteiger partial charge on any atom is 0.306 e. The number of esters is 3. The highest BCUT2D eigenvalue weighted by atomic mass is 16.6. The topological polar surface area (TPSA) is 78.9 Å². The summed E-state index contributed by atoms with van der Waals surface area (Å²) in [5.41, 5.74) is 0. The van der Waals surface area contributed by atoms with E-state index in [1.165, 1.54) is 64.2 Å². The predicted molar refractivity (Wildman–Crippen MR) is 228 cm³/mol. The molecule has 6 heteroatoms. The maximum atomic E-state index is 12.7. The molecule has 0 spiro atoms. The Morgan fingerprint density at radius 2 is 0.778 bits per heavy atom. The first-order valence-corrected chi connectivity index (χ1v) is 22.3. The summed E-state index contributed by atoms with van der Waals surface area (Å²) in [5.74, 6) is -1.00. The molecule has 0 fully saturated rings. The third kappa shape index (κ3) is 40.3. The summed E-state index contributed by atoms with van der Waals surface area (Å²) in [5, 5.41) is 0. The number of carbonyl (C=O) groups excluding carboxylic acids is 3. The van der Waals surface area contributed by atoms with Crippen LogP contribution in [0.1, 0.15) is 207 Å². The van der Waals surface area contributed by atoms with Gasteiger partial charge in [-0.05, 0) is 83.5 Å². The zero-order chi connectivity index (χ0) is 39.4. The lowest BCUT2D eigenvalue weighted by Gasteiger charge is -2.18. The predicted octanol–water partition coefficient (Wildman–Crippen LogP) is 14.1. The summed E-state index contributed by atoms with van der Waals surface area (Å²) in [4.78, 5) is 37.6. The van der Waals surface area contributed by atoms with Crippen molar-refractivity contribution in [2.24, 2.45) is 0 Å². The molecule has 0 aromatic heterocycles. The molecule has 0 radical (unpaired) electrons. The van der Waals surface area contributed by atoms with E-state index in [1.807, 2.05) is 6.08 Å². The van der Waals surface area contributed by atoms with E-state index in [0.717, 1.165) is 96.3 Å². The van der Waals surface area contributed by atoms with Gasteiger partial charge in [0.1, 0.15) is 13.2 Å². The molecule has 0 aliphatic rings. The van der Waals surface area contributed by atoms with Crippen molar-refractivity contribution in [3.63, 3.8) is 0 Å². The van der Waals surface area contributed by atoms with Crippen molar-refractivity contribution in [3.8, 4) is 0 Å². The van der Waals surface area contributed by atoms with Crippen LogP contribution in [0, 0.1) is 0 Å². The van der Waals surface area contributed by atoms with Crippen LogP contribution < -0.4 is 0 Å². The molecule has 0 aromatic carbocycles. The summed E-state index contributed by atoms with van der Waals surface area (Å²) in [6, 6.07) is 0. The van der Waals surface area contributed by atoms with Crippen LogP contribution in [0.25, 0.3) is 0 Å². The number of ether oxygens (including phenoxy) is 3. The van der Waals surface area contributed by atoms with Crippen LogP contribution in [0.3, 0.4) is 0 Å². The van der Waals surface area contributed by atoms with Crippen molar-refractivity contribution in [3.05, 3.63) is 60.8 Å². The molecule has 0 amide bonds. The van der Waals surface area contributed by atoms with Gasteiger partial charge in [-0.1, -0.05) is 165 Å². The maximum absolute atomic E-state index is 12.7. The van der Waals surface area contributed by atoms with E-state index in [0.29, 0.717) is 19.3 Å². The van der Waals surface area contributed by atoms with E-state index in [9.17, 15) is 14.4 Å². The monoisotopic (exact) mass is 755 g/mol. The van der Waals surface area contributed by atoms with Gasteiger partial charge in [0.2, 0.25) is 0 Å². The highest BCUT2D eigenvalue weighted by Gasteiger charge is 2.19. The summed E-state index contributed by atoms with van der Waals surface area (Å²) in [6.45, 7) is 6.39. The van der Waals surface area contributed by atoms with Crippen LogP contribution in [-0.4, -0.2) is 37.2 Å². The fourth-order valence-electron chi connectivity index (χ4n) is 5.86. The first kappa shape index (κ1) is 51.1. The van der Waals surface area contributed by atoms with Gasteiger partial charge in [-0.3, -0.25) is 14.4 Å². The quantitative estimate of drug-likeness (QED) is 0.0269. The largest absolute Gasteiger partial charge is 0.462 e. The summed E-state index contributed by atoms with van der Waals surface area (Å²) < 4.78 is 16.6. The third-order valence-corrected chi connectivity index (χ3v) is 9.24. The number of carbonyl (C=O) groups is 3. The molecule has 6 nitrogen and oxygen atoms in total. The summed E-state index contributed by atoms with van der Waals surface area (Å²) in [7, 11) is 0. The summed E-state index contributed by atoms with van der Waals surface area (Å²) in [6.07, 6.45) is 50.7. The van der Waals surface area contributed by atoms with Crippen molar-refractivity contribution >= 4 is 17.9 Å². The van der Waals surface area contributed by atoms with Crippen LogP contribution in [0.2, 0.25) is 0 Å². The highest BCUT2D eigenvalue weighted by molar-refractivity contribution is 5.71. The number of hydrogen-bond donors (Lipinski definition) is 0. The lowest BCUT2D eigenvalue weighted by molar-refractivity contribution is -0.166. The van der Waals surface area contributed by atoms with Crippen molar-refractivity contribution in [1.29, 1.82) is 0 Å². The number of unbranched alkanes of at least 4 members (excludes halogenated alkanes) is 18. The van der Waals surface area contributed by atoms with Gasteiger partial charge in [-0.25, -0.2) is 0 Å². The van der Waals surface area contributed by atoms with Gasteiger partial charge in [-0.2, -0.15) is 0 Å². The lowest BCUT2D eigenvalue weighted by atomic mass is 10.1. The molecule has 0 bridgehead atoms. The zero-order valence-corrected chi connectivity index (χ0v) is 35.2. The van der Waals surface area contributed by atoms with E-state index in [4.69, 9.17) is 14.2 Å². The molecule has 54 heavy (non-hydrogen) atoms. The first-order chi connectivity index (χ1) is 26.5. The van der Waals surface area contributed by atoms with Crippen molar-refractivity contribution < 1.29 is 28.6 Å². The average molecular weight is 755 g/mol.